The quantitative estimate of drug-likeness (QED) is 0.797. The Morgan fingerprint density at radius 3 is 2.76 bits per heavy atom. The summed E-state index contributed by atoms with van der Waals surface area (Å²) in [6.45, 7) is 0. The summed E-state index contributed by atoms with van der Waals surface area (Å²) in [4.78, 5) is 0. The fourth-order valence-corrected chi connectivity index (χ4v) is 3.38. The van der Waals surface area contributed by atoms with E-state index in [1.54, 1.807) is 12.1 Å². The molecule has 0 saturated heterocycles. The molecule has 3 atom stereocenters. The number of nitriles is 1. The van der Waals surface area contributed by atoms with Gasteiger partial charge in [-0.3, -0.25) is 0 Å². The standard InChI is InChI=1S/C14H14ClNO/c15-13-7-12(4-3-11(13)8-16)17-14-6-9-1-2-10(14)5-9/h3-4,7,9-10,14H,1-2,5-6H2. The summed E-state index contributed by atoms with van der Waals surface area (Å²) >= 11 is 5.99. The Labute approximate surface area is 106 Å². The molecule has 2 aliphatic rings. The predicted octanol–water partition coefficient (Wildman–Crippen LogP) is 3.78. The lowest BCUT2D eigenvalue weighted by atomic mass is 9.98. The minimum atomic E-state index is 0.359. The van der Waals surface area contributed by atoms with Gasteiger partial charge in [-0.15, -0.1) is 0 Å². The normalized spacial score (nSPS) is 30.2. The highest BCUT2D eigenvalue weighted by Crippen LogP contribution is 2.46. The average molecular weight is 248 g/mol. The first kappa shape index (κ1) is 10.9. The topological polar surface area (TPSA) is 33.0 Å². The third-order valence-corrected chi connectivity index (χ3v) is 4.33. The molecule has 0 amide bonds. The fourth-order valence-electron chi connectivity index (χ4n) is 3.17. The number of ether oxygens (including phenoxy) is 1. The Hall–Kier alpha value is -1.20. The molecule has 2 fully saturated rings. The molecular weight excluding hydrogens is 234 g/mol. The van der Waals surface area contributed by atoms with Crippen LogP contribution >= 0.6 is 11.6 Å². The fraction of sp³-hybridized carbons (Fsp3) is 0.500. The summed E-state index contributed by atoms with van der Waals surface area (Å²) in [5.74, 6) is 2.40. The molecule has 0 heterocycles. The van der Waals surface area contributed by atoms with Gasteiger partial charge in [0, 0.05) is 6.07 Å². The monoisotopic (exact) mass is 247 g/mol. The van der Waals surface area contributed by atoms with Crippen molar-refractivity contribution in [2.45, 2.75) is 31.8 Å². The molecule has 2 bridgehead atoms. The Kier molecular flexibility index (Phi) is 2.72. The first-order valence-corrected chi connectivity index (χ1v) is 6.50. The number of fused-ring (bicyclic) bond motifs is 2. The number of hydrogen-bond donors (Lipinski definition) is 0. The predicted molar refractivity (Wildman–Crippen MR) is 66.0 cm³/mol. The van der Waals surface area contributed by atoms with E-state index in [2.05, 4.69) is 6.07 Å². The van der Waals surface area contributed by atoms with Crippen molar-refractivity contribution in [1.29, 1.82) is 5.26 Å². The van der Waals surface area contributed by atoms with Crippen molar-refractivity contribution in [2.75, 3.05) is 0 Å². The van der Waals surface area contributed by atoms with Gasteiger partial charge in [0.15, 0.2) is 0 Å². The first-order valence-electron chi connectivity index (χ1n) is 6.12. The zero-order chi connectivity index (χ0) is 11.8. The van der Waals surface area contributed by atoms with Crippen LogP contribution in [0.4, 0.5) is 0 Å². The molecule has 1 aromatic carbocycles. The SMILES string of the molecule is N#Cc1ccc(OC2CC3CCC2C3)cc1Cl. The molecule has 0 spiro atoms. The largest absolute Gasteiger partial charge is 0.490 e. The lowest BCUT2D eigenvalue weighted by Gasteiger charge is -2.23. The van der Waals surface area contributed by atoms with Crippen molar-refractivity contribution in [1.82, 2.24) is 0 Å². The van der Waals surface area contributed by atoms with E-state index in [0.29, 0.717) is 16.7 Å². The van der Waals surface area contributed by atoms with E-state index >= 15 is 0 Å². The van der Waals surface area contributed by atoms with Crippen LogP contribution in [0.3, 0.4) is 0 Å². The Morgan fingerprint density at radius 2 is 2.18 bits per heavy atom. The van der Waals surface area contributed by atoms with Crippen molar-refractivity contribution in [3.63, 3.8) is 0 Å². The summed E-state index contributed by atoms with van der Waals surface area (Å²) in [5.41, 5.74) is 0.506. The molecule has 3 unspecified atom stereocenters. The molecule has 17 heavy (non-hydrogen) atoms. The summed E-state index contributed by atoms with van der Waals surface area (Å²) in [5, 5.41) is 9.28. The van der Waals surface area contributed by atoms with Gasteiger partial charge in [-0.2, -0.15) is 5.26 Å². The van der Waals surface area contributed by atoms with Gasteiger partial charge in [0.25, 0.3) is 0 Å². The highest BCUT2D eigenvalue weighted by molar-refractivity contribution is 6.31. The summed E-state index contributed by atoms with van der Waals surface area (Å²) in [7, 11) is 0. The Morgan fingerprint density at radius 1 is 1.29 bits per heavy atom. The van der Waals surface area contributed by atoms with E-state index in [1.807, 2.05) is 6.07 Å². The second kappa shape index (κ2) is 4.23. The van der Waals surface area contributed by atoms with Gasteiger partial charge in [0.1, 0.15) is 17.9 Å². The van der Waals surface area contributed by atoms with Gasteiger partial charge in [-0.25, -0.2) is 0 Å². The van der Waals surface area contributed by atoms with Crippen LogP contribution in [0.15, 0.2) is 18.2 Å². The smallest absolute Gasteiger partial charge is 0.121 e. The molecule has 0 aliphatic heterocycles. The zero-order valence-electron chi connectivity index (χ0n) is 9.53. The molecule has 88 valence electrons. The molecule has 0 N–H and O–H groups in total. The van der Waals surface area contributed by atoms with Crippen molar-refractivity contribution < 1.29 is 4.74 Å². The molecule has 0 aromatic heterocycles. The zero-order valence-corrected chi connectivity index (χ0v) is 10.3. The van der Waals surface area contributed by atoms with Gasteiger partial charge in [-0.1, -0.05) is 11.6 Å². The summed E-state index contributed by atoms with van der Waals surface area (Å²) in [6.07, 6.45) is 5.55. The molecule has 3 heteroatoms. The number of rotatable bonds is 2. The third-order valence-electron chi connectivity index (χ3n) is 4.02. The van der Waals surface area contributed by atoms with Crippen LogP contribution in [0, 0.1) is 23.2 Å². The molecule has 3 rings (SSSR count). The van der Waals surface area contributed by atoms with Crippen molar-refractivity contribution in [3.8, 4) is 11.8 Å². The Bertz CT molecular complexity index is 480. The molecule has 1 aromatic rings. The van der Waals surface area contributed by atoms with Crippen LogP contribution in [0.1, 0.15) is 31.2 Å². The lowest BCUT2D eigenvalue weighted by Crippen LogP contribution is -2.23. The van der Waals surface area contributed by atoms with Gasteiger partial charge < -0.3 is 4.74 Å². The van der Waals surface area contributed by atoms with Crippen LogP contribution in [0.2, 0.25) is 5.02 Å². The van der Waals surface area contributed by atoms with Crippen LogP contribution in [-0.4, -0.2) is 6.10 Å². The lowest BCUT2D eigenvalue weighted by molar-refractivity contribution is 0.138. The van der Waals surface area contributed by atoms with E-state index < -0.39 is 0 Å². The molecular formula is C14H14ClNO. The van der Waals surface area contributed by atoms with Crippen molar-refractivity contribution >= 4 is 11.6 Å². The molecule has 2 aliphatic carbocycles. The van der Waals surface area contributed by atoms with Gasteiger partial charge in [0.05, 0.1) is 10.6 Å². The summed E-state index contributed by atoms with van der Waals surface area (Å²) in [6, 6.07) is 7.38. The van der Waals surface area contributed by atoms with E-state index in [9.17, 15) is 0 Å². The second-order valence-electron chi connectivity index (χ2n) is 5.08. The number of hydrogen-bond acceptors (Lipinski definition) is 2. The second-order valence-corrected chi connectivity index (χ2v) is 5.49. The molecule has 2 nitrogen and oxygen atoms in total. The number of halogens is 1. The van der Waals surface area contributed by atoms with Crippen LogP contribution in [0.5, 0.6) is 5.75 Å². The highest BCUT2D eigenvalue weighted by Gasteiger charge is 2.40. The molecule has 2 saturated carbocycles. The minimum absolute atomic E-state index is 0.359. The maximum absolute atomic E-state index is 8.80. The van der Waals surface area contributed by atoms with Crippen LogP contribution < -0.4 is 4.74 Å². The van der Waals surface area contributed by atoms with Crippen molar-refractivity contribution in [3.05, 3.63) is 28.8 Å². The van der Waals surface area contributed by atoms with Crippen LogP contribution in [-0.2, 0) is 0 Å². The van der Waals surface area contributed by atoms with E-state index in [-0.39, 0.29) is 0 Å². The minimum Gasteiger partial charge on any atom is -0.490 e. The van der Waals surface area contributed by atoms with E-state index in [0.717, 1.165) is 17.6 Å². The number of nitrogens with zero attached hydrogens (tertiary/aromatic N) is 1. The maximum Gasteiger partial charge on any atom is 0.121 e. The van der Waals surface area contributed by atoms with Crippen LogP contribution in [0.25, 0.3) is 0 Å². The van der Waals surface area contributed by atoms with E-state index in [1.165, 1.54) is 25.7 Å². The summed E-state index contributed by atoms with van der Waals surface area (Å²) < 4.78 is 6.00. The van der Waals surface area contributed by atoms with Gasteiger partial charge >= 0.3 is 0 Å². The van der Waals surface area contributed by atoms with E-state index in [4.69, 9.17) is 21.6 Å². The highest BCUT2D eigenvalue weighted by atomic mass is 35.5. The molecule has 0 radical (unpaired) electrons. The Balaban J connectivity index is 1.74. The maximum atomic E-state index is 8.80. The number of benzene rings is 1. The average Bonchev–Trinajstić information content (AvgIpc) is 2.91. The van der Waals surface area contributed by atoms with Crippen molar-refractivity contribution in [2.24, 2.45) is 11.8 Å². The third kappa shape index (κ3) is 2.00. The van der Waals surface area contributed by atoms with Gasteiger partial charge in [-0.05, 0) is 49.7 Å². The first-order chi connectivity index (χ1) is 8.26. The van der Waals surface area contributed by atoms with Gasteiger partial charge in [0.2, 0.25) is 0 Å².